The number of benzene rings is 1. The number of hydrogen-bond donors (Lipinski definition) is 3. The molecule has 2 aromatic rings. The summed E-state index contributed by atoms with van der Waals surface area (Å²) in [7, 11) is 0.0855. The Morgan fingerprint density at radius 2 is 1.90 bits per heavy atom. The highest BCUT2D eigenvalue weighted by molar-refractivity contribution is 7.86. The van der Waals surface area contributed by atoms with Crippen LogP contribution in [0.2, 0.25) is 0 Å². The summed E-state index contributed by atoms with van der Waals surface area (Å²) >= 11 is 0. The van der Waals surface area contributed by atoms with Crippen LogP contribution >= 0.6 is 0 Å². The number of rotatable bonds is 15. The van der Waals surface area contributed by atoms with Gasteiger partial charge in [-0.05, 0) is 64.2 Å². The lowest BCUT2D eigenvalue weighted by Crippen LogP contribution is -2.58. The van der Waals surface area contributed by atoms with E-state index in [9.17, 15) is 27.4 Å². The molecule has 1 fully saturated rings. The molecular weight excluding hydrogens is 526 g/mol. The summed E-state index contributed by atoms with van der Waals surface area (Å²) in [5.74, 6) is -0.986. The van der Waals surface area contributed by atoms with E-state index in [2.05, 4.69) is 10.7 Å². The first-order chi connectivity index (χ1) is 18.4. The first-order valence-corrected chi connectivity index (χ1v) is 14.5. The zero-order valence-electron chi connectivity index (χ0n) is 23.0. The number of aryl methyl sites for hydroxylation is 1. The van der Waals surface area contributed by atoms with Crippen molar-refractivity contribution in [3.63, 3.8) is 0 Å². The van der Waals surface area contributed by atoms with Crippen LogP contribution in [0.3, 0.4) is 0 Å². The molecule has 1 saturated carbocycles. The van der Waals surface area contributed by atoms with Crippen LogP contribution in [-0.4, -0.2) is 90.3 Å². The Morgan fingerprint density at radius 1 is 1.23 bits per heavy atom. The highest BCUT2D eigenvalue weighted by Crippen LogP contribution is 2.34. The fraction of sp³-hybridized carbons (Fsp3) is 0.577. The summed E-state index contributed by atoms with van der Waals surface area (Å²) in [6, 6.07) is 7.05. The molecule has 39 heavy (non-hydrogen) atoms. The van der Waals surface area contributed by atoms with Gasteiger partial charge in [-0.25, -0.2) is 5.01 Å². The number of amides is 1. The Labute approximate surface area is 229 Å². The highest BCUT2D eigenvalue weighted by Gasteiger charge is 2.41. The van der Waals surface area contributed by atoms with E-state index in [1.54, 1.807) is 14.0 Å². The van der Waals surface area contributed by atoms with E-state index < -0.39 is 39.5 Å². The maximum Gasteiger partial charge on any atom is 0.323 e. The molecule has 0 aliphatic heterocycles. The number of nitrogens with zero attached hydrogens (tertiary/aromatic N) is 3. The summed E-state index contributed by atoms with van der Waals surface area (Å²) < 4.78 is 42.0. The molecule has 3 N–H and O–H groups in total. The van der Waals surface area contributed by atoms with E-state index in [0.29, 0.717) is 6.54 Å². The monoisotopic (exact) mass is 565 g/mol. The van der Waals surface area contributed by atoms with Gasteiger partial charge < -0.3 is 19.4 Å². The number of aromatic nitrogens is 1. The minimum atomic E-state index is -4.89. The Balaban J connectivity index is 1.72. The van der Waals surface area contributed by atoms with E-state index in [1.165, 1.54) is 14.0 Å². The topological polar surface area (TPSA) is 150 Å². The molecule has 2 unspecified atom stereocenters. The fourth-order valence-electron chi connectivity index (χ4n) is 4.61. The quantitative estimate of drug-likeness (QED) is 0.124. The van der Waals surface area contributed by atoms with Gasteiger partial charge in [0, 0.05) is 31.2 Å². The van der Waals surface area contributed by atoms with Gasteiger partial charge in [0.25, 0.3) is 10.1 Å². The first-order valence-electron chi connectivity index (χ1n) is 13.0. The molecule has 216 valence electrons. The molecule has 1 amide bonds. The Kier molecular flexibility index (Phi) is 10.2. The smallest absolute Gasteiger partial charge is 0.323 e. The number of esters is 1. The molecule has 12 nitrogen and oxygen atoms in total. The van der Waals surface area contributed by atoms with Gasteiger partial charge in [0.15, 0.2) is 5.37 Å². The number of hydrogen-bond acceptors (Lipinski definition) is 9. The summed E-state index contributed by atoms with van der Waals surface area (Å²) in [4.78, 5) is 38.6. The predicted molar refractivity (Wildman–Crippen MR) is 146 cm³/mol. The predicted octanol–water partition coefficient (Wildman–Crippen LogP) is 1.16. The maximum atomic E-state index is 12.9. The molecule has 1 aromatic heterocycles. The maximum absolute atomic E-state index is 12.9. The van der Waals surface area contributed by atoms with Crippen molar-refractivity contribution < 1.29 is 32.1 Å². The Bertz CT molecular complexity index is 1280. The van der Waals surface area contributed by atoms with Crippen molar-refractivity contribution in [1.82, 2.24) is 25.2 Å². The highest BCUT2D eigenvalue weighted by atomic mass is 32.2. The summed E-state index contributed by atoms with van der Waals surface area (Å²) in [6.07, 6.45) is 1.78. The molecule has 1 aliphatic carbocycles. The van der Waals surface area contributed by atoms with Crippen molar-refractivity contribution >= 4 is 39.2 Å². The zero-order valence-corrected chi connectivity index (χ0v) is 23.8. The minimum Gasteiger partial charge on any atom is -0.461 e. The van der Waals surface area contributed by atoms with Crippen LogP contribution < -0.4 is 10.7 Å². The van der Waals surface area contributed by atoms with Crippen LogP contribution in [0, 0.1) is 5.92 Å². The van der Waals surface area contributed by atoms with Crippen molar-refractivity contribution in [3.8, 4) is 0 Å². The summed E-state index contributed by atoms with van der Waals surface area (Å²) in [5, 5.41) is 3.43. The van der Waals surface area contributed by atoms with Gasteiger partial charge in [-0.3, -0.25) is 24.5 Å². The van der Waals surface area contributed by atoms with Crippen LogP contribution in [0.4, 0.5) is 0 Å². The van der Waals surface area contributed by atoms with Crippen molar-refractivity contribution in [2.45, 2.75) is 69.8 Å². The van der Waals surface area contributed by atoms with Crippen LogP contribution in [0.1, 0.15) is 38.8 Å². The molecule has 4 atom stereocenters. The SMILES string of the molecule is CNN(C)Cc1cc2ccccc2n1CCC(=O)NC(C=O)C(N(C)[C@@H](C)C(=O)O[C@@H](C)C1CC1)S(=O)(=O)O. The van der Waals surface area contributed by atoms with Crippen LogP contribution in [0.15, 0.2) is 30.3 Å². The molecule has 0 saturated heterocycles. The summed E-state index contributed by atoms with van der Waals surface area (Å²) in [5.41, 5.74) is 4.93. The lowest BCUT2D eigenvalue weighted by atomic mass is 10.2. The second-order valence-corrected chi connectivity index (χ2v) is 11.6. The third-order valence-electron chi connectivity index (χ3n) is 7.27. The number of para-hydroxylation sites is 1. The lowest BCUT2D eigenvalue weighted by Gasteiger charge is -2.33. The van der Waals surface area contributed by atoms with Crippen LogP contribution in [0.5, 0.6) is 0 Å². The largest absolute Gasteiger partial charge is 0.461 e. The number of carbonyl (C=O) groups excluding carboxylic acids is 3. The number of carbonyl (C=O) groups is 3. The van der Waals surface area contributed by atoms with Crippen molar-refractivity contribution in [1.29, 1.82) is 0 Å². The third kappa shape index (κ3) is 7.85. The van der Waals surface area contributed by atoms with Gasteiger partial charge in [-0.1, -0.05) is 18.2 Å². The Morgan fingerprint density at radius 3 is 2.49 bits per heavy atom. The van der Waals surface area contributed by atoms with Gasteiger partial charge in [-0.15, -0.1) is 0 Å². The second-order valence-electron chi connectivity index (χ2n) is 10.1. The van der Waals surface area contributed by atoms with E-state index >= 15 is 0 Å². The number of nitrogens with one attached hydrogen (secondary N) is 2. The molecule has 3 rings (SSSR count). The molecule has 1 aromatic carbocycles. The van der Waals surface area contributed by atoms with E-state index in [4.69, 9.17) is 4.74 Å². The van der Waals surface area contributed by atoms with Gasteiger partial charge in [0.1, 0.15) is 24.5 Å². The van der Waals surface area contributed by atoms with Crippen LogP contribution in [0.25, 0.3) is 10.9 Å². The zero-order chi connectivity index (χ0) is 28.9. The molecule has 0 bridgehead atoms. The van der Waals surface area contributed by atoms with Gasteiger partial charge in [0.2, 0.25) is 5.91 Å². The first kappa shape index (κ1) is 30.7. The molecule has 0 radical (unpaired) electrons. The molecule has 1 heterocycles. The van der Waals surface area contributed by atoms with E-state index in [0.717, 1.165) is 34.3 Å². The molecule has 13 heteroatoms. The van der Waals surface area contributed by atoms with Gasteiger partial charge in [-0.2, -0.15) is 8.42 Å². The molecule has 1 aliphatic rings. The van der Waals surface area contributed by atoms with Crippen LogP contribution in [-0.2, 0) is 42.3 Å². The normalized spacial score (nSPS) is 17.1. The standard InChI is InChI=1S/C26H39N5O7S/c1-17(26(34)38-18(2)19-10-11-19)30(5)25(39(35,36)37)22(16-32)28-24(33)12-13-31-21(15-29(4)27-3)14-20-8-6-7-9-23(20)31/h6-9,14,16-19,22,25,27H,10-13,15H2,1-5H3,(H,28,33)(H,35,36,37)/t17-,18-,22?,25?/m0/s1. The fourth-order valence-corrected chi connectivity index (χ4v) is 5.71. The summed E-state index contributed by atoms with van der Waals surface area (Å²) in [6.45, 7) is 4.02. The molecular formula is C26H39N5O7S. The average Bonchev–Trinajstić information content (AvgIpc) is 3.68. The van der Waals surface area contributed by atoms with Crippen molar-refractivity contribution in [2.75, 3.05) is 21.1 Å². The third-order valence-corrected chi connectivity index (χ3v) is 8.50. The van der Waals surface area contributed by atoms with Crippen molar-refractivity contribution in [2.24, 2.45) is 5.92 Å². The lowest BCUT2D eigenvalue weighted by molar-refractivity contribution is -0.155. The van der Waals surface area contributed by atoms with Crippen molar-refractivity contribution in [3.05, 3.63) is 36.0 Å². The number of aldehydes is 1. The van der Waals surface area contributed by atoms with E-state index in [-0.39, 0.29) is 31.3 Å². The van der Waals surface area contributed by atoms with Gasteiger partial charge >= 0.3 is 5.97 Å². The second kappa shape index (κ2) is 13.0. The number of likely N-dealkylation sites (N-methyl/N-ethyl adjacent to an activating group) is 1. The van der Waals surface area contributed by atoms with Gasteiger partial charge in [0.05, 0.1) is 6.54 Å². The number of ether oxygens (including phenoxy) is 1. The number of hydrazine groups is 1. The minimum absolute atomic E-state index is 0.0578. The average molecular weight is 566 g/mol. The number of fused-ring (bicyclic) bond motifs is 1. The van der Waals surface area contributed by atoms with E-state index in [1.807, 2.05) is 47.0 Å². The Hall–Kier alpha value is -2.84. The molecule has 0 spiro atoms.